The molecule has 5 N–H and O–H groups in total. The van der Waals surface area contributed by atoms with Crippen LogP contribution in [0.4, 0.5) is 5.69 Å². The van der Waals surface area contributed by atoms with Crippen LogP contribution in [0.3, 0.4) is 0 Å². The molecule has 1 aliphatic carbocycles. The molecule has 19 nitrogen and oxygen atoms in total. The quantitative estimate of drug-likeness (QED) is 0.132. The van der Waals surface area contributed by atoms with Crippen LogP contribution in [-0.4, -0.2) is 178 Å². The van der Waals surface area contributed by atoms with Gasteiger partial charge in [0.15, 0.2) is 6.29 Å². The lowest BCUT2D eigenvalue weighted by Crippen LogP contribution is -2.60. The van der Waals surface area contributed by atoms with Crippen LogP contribution in [0.5, 0.6) is 0 Å². The molecule has 1 amide bonds. The van der Waals surface area contributed by atoms with Crippen molar-refractivity contribution in [1.29, 1.82) is 0 Å². The molecule has 4 heterocycles. The van der Waals surface area contributed by atoms with Crippen LogP contribution < -0.4 is 15.6 Å². The third-order valence-corrected chi connectivity index (χ3v) is 15.6. The van der Waals surface area contributed by atoms with Gasteiger partial charge in [0.05, 0.1) is 65.0 Å². The first kappa shape index (κ1) is 57.1. The van der Waals surface area contributed by atoms with Crippen molar-refractivity contribution in [1.82, 2.24) is 19.7 Å². The second-order valence-corrected chi connectivity index (χ2v) is 21.7. The lowest BCUT2D eigenvalue weighted by molar-refractivity contribution is -0.302. The number of amides is 1. The topological polar surface area (TPSA) is 239 Å². The predicted octanol–water partition coefficient (Wildman–Crippen LogP) is 4.13. The first-order valence-corrected chi connectivity index (χ1v) is 25.8. The molecule has 0 spiro atoms. The first-order valence-electron chi connectivity index (χ1n) is 25.4. The summed E-state index contributed by atoms with van der Waals surface area (Å²) >= 11 is 6.87. The molecule has 0 bridgehead atoms. The Morgan fingerprint density at radius 2 is 1.69 bits per heavy atom. The SMILES string of the molecule is C=CCO[C@]1(C)C[C@@H](C)NC(=O)[C@H](C)[C@@H](O)[C@](C)(O)[C@@H](CC)OC(=O)[C@H](C)[C@@H](OC(=O)CCN2CCN(c3cc4c(=O)c(C(=O)O)cn(C5CC5)c4cc3Cl)CC2)[C@H](C)[C@H]1O[C@@H]1O[C@H](C)C[C@H](N(C)C)[C@H]1O. The number of nitrogens with zero attached hydrogens (tertiary/aromatic N) is 4. The number of carbonyl (C=O) groups is 4. The number of carboxylic acids is 1. The zero-order chi connectivity index (χ0) is 53.1. The van der Waals surface area contributed by atoms with Crippen LogP contribution >= 0.6 is 11.6 Å². The van der Waals surface area contributed by atoms with Crippen molar-refractivity contribution in [3.05, 3.63) is 51.8 Å². The number of anilines is 1. The van der Waals surface area contributed by atoms with E-state index < -0.39 is 101 Å². The number of nitrogens with one attached hydrogen (secondary N) is 1. The van der Waals surface area contributed by atoms with Gasteiger partial charge in [-0.25, -0.2) is 4.79 Å². The smallest absolute Gasteiger partial charge is 0.341 e. The number of aliphatic hydroxyl groups excluding tert-OH is 2. The van der Waals surface area contributed by atoms with E-state index >= 15 is 0 Å². The number of likely N-dealkylation sites (N-methyl/N-ethyl adjacent to an activating group) is 1. The van der Waals surface area contributed by atoms with E-state index in [9.17, 15) is 44.4 Å². The molecule has 1 saturated carbocycles. The molecule has 4 fully saturated rings. The number of piperazine rings is 1. The van der Waals surface area contributed by atoms with Gasteiger partial charge in [0, 0.05) is 68.4 Å². The number of hydrogen-bond acceptors (Lipinski definition) is 16. The maximum atomic E-state index is 14.4. The molecule has 3 aliphatic heterocycles. The number of aliphatic hydroxyl groups is 3. The number of pyridine rings is 1. The van der Waals surface area contributed by atoms with E-state index in [0.29, 0.717) is 48.8 Å². The van der Waals surface area contributed by atoms with E-state index in [-0.39, 0.29) is 61.6 Å². The van der Waals surface area contributed by atoms with E-state index in [1.807, 2.05) is 35.4 Å². The molecule has 3 saturated heterocycles. The Hall–Kier alpha value is -4.18. The summed E-state index contributed by atoms with van der Waals surface area (Å²) < 4.78 is 34.0. The minimum Gasteiger partial charge on any atom is -0.477 e. The molecular weight excluding hydrogens is 954 g/mol. The van der Waals surface area contributed by atoms with Gasteiger partial charge in [0.1, 0.15) is 29.5 Å². The average molecular weight is 1030 g/mol. The Balaban J connectivity index is 1.28. The Morgan fingerprint density at radius 1 is 1.03 bits per heavy atom. The summed E-state index contributed by atoms with van der Waals surface area (Å²) in [5, 5.41) is 48.5. The van der Waals surface area contributed by atoms with Gasteiger partial charge in [-0.1, -0.05) is 38.4 Å². The van der Waals surface area contributed by atoms with Crippen LogP contribution in [0.2, 0.25) is 5.02 Å². The van der Waals surface area contributed by atoms with Gasteiger partial charge in [0.2, 0.25) is 11.3 Å². The van der Waals surface area contributed by atoms with Gasteiger partial charge < -0.3 is 63.8 Å². The molecule has 14 atom stereocenters. The highest BCUT2D eigenvalue weighted by Crippen LogP contribution is 2.41. The van der Waals surface area contributed by atoms with Gasteiger partial charge >= 0.3 is 17.9 Å². The molecule has 72 heavy (non-hydrogen) atoms. The van der Waals surface area contributed by atoms with Crippen molar-refractivity contribution < 1.29 is 63.3 Å². The Labute approximate surface area is 427 Å². The molecule has 20 heteroatoms. The van der Waals surface area contributed by atoms with E-state index in [1.54, 1.807) is 52.8 Å². The fourth-order valence-corrected chi connectivity index (χ4v) is 11.2. The van der Waals surface area contributed by atoms with Crippen LogP contribution in [0.25, 0.3) is 10.9 Å². The molecular formula is C52H78ClN5O14. The predicted molar refractivity (Wildman–Crippen MR) is 270 cm³/mol. The number of cyclic esters (lactones) is 1. The maximum Gasteiger partial charge on any atom is 0.341 e. The molecule has 402 valence electrons. The van der Waals surface area contributed by atoms with Crippen LogP contribution in [0.15, 0.2) is 35.8 Å². The van der Waals surface area contributed by atoms with Crippen molar-refractivity contribution in [2.75, 3.05) is 58.3 Å². The summed E-state index contributed by atoms with van der Waals surface area (Å²) in [5.41, 5.74) is -3.10. The number of esters is 2. The highest BCUT2D eigenvalue weighted by atomic mass is 35.5. The number of rotatable bonds is 14. The lowest BCUT2D eigenvalue weighted by atomic mass is 9.78. The standard InChI is InChI=1S/C52H78ClN5O14/c1-12-22-68-51(8)26-28(3)54-47(63)32(7)45(62)52(9,67)40(13-2)70-49(66)31(6)44(30(5)46(51)72-50-43(61)39(55(10)11)23-29(4)69-50)71-41(59)16-17-56-18-20-57(21-19-56)38-24-34-37(25-36(38)53)58(33-14-15-33)27-35(42(34)60)48(64)65/h12,24-25,27-33,39-40,43-46,50,61-62,67H,1,13-23,26H2,2-11H3,(H,54,63)(H,64,65)/t28-,29-,30+,31-,32-,39+,40-,43-,44+,45-,46-,50+,51-,52-/m1/s1. The molecule has 0 unspecified atom stereocenters. The molecule has 2 aromatic rings. The zero-order valence-corrected chi connectivity index (χ0v) is 44.3. The van der Waals surface area contributed by atoms with Crippen molar-refractivity contribution >= 4 is 52.0 Å². The normalized spacial score (nSPS) is 34.7. The van der Waals surface area contributed by atoms with Crippen molar-refractivity contribution in [3.8, 4) is 0 Å². The summed E-state index contributed by atoms with van der Waals surface area (Å²) in [6, 6.07) is 2.52. The number of halogens is 1. The van der Waals surface area contributed by atoms with Gasteiger partial charge in [-0.05, 0) is 93.0 Å². The van der Waals surface area contributed by atoms with E-state index in [4.69, 9.17) is 35.3 Å². The number of carbonyl (C=O) groups excluding carboxylic acids is 3. The maximum absolute atomic E-state index is 14.4. The van der Waals surface area contributed by atoms with Crippen LogP contribution in [0, 0.1) is 17.8 Å². The zero-order valence-electron chi connectivity index (χ0n) is 43.5. The fraction of sp³-hybridized carbons (Fsp3) is 0.712. The highest BCUT2D eigenvalue weighted by molar-refractivity contribution is 6.34. The van der Waals surface area contributed by atoms with Crippen LogP contribution in [0.1, 0.15) is 110 Å². The monoisotopic (exact) mass is 1030 g/mol. The molecule has 1 aromatic heterocycles. The number of benzene rings is 1. The fourth-order valence-electron chi connectivity index (χ4n) is 10.9. The average Bonchev–Trinajstić information content (AvgIpc) is 4.18. The third-order valence-electron chi connectivity index (χ3n) is 15.3. The number of aromatic carboxylic acids is 1. The number of carboxylic acid groups (broad SMARTS) is 1. The Bertz CT molecular complexity index is 2340. The van der Waals surface area contributed by atoms with Gasteiger partial charge in [-0.3, -0.25) is 24.1 Å². The number of hydrogen-bond donors (Lipinski definition) is 5. The summed E-state index contributed by atoms with van der Waals surface area (Å²) in [5.74, 6) is -6.55. The van der Waals surface area contributed by atoms with Gasteiger partial charge in [0.25, 0.3) is 0 Å². The summed E-state index contributed by atoms with van der Waals surface area (Å²) in [6.45, 7) is 19.4. The second kappa shape index (κ2) is 23.6. The van der Waals surface area contributed by atoms with Crippen molar-refractivity contribution in [3.63, 3.8) is 0 Å². The summed E-state index contributed by atoms with van der Waals surface area (Å²) in [7, 11) is 3.71. The second-order valence-electron chi connectivity index (χ2n) is 21.3. The molecule has 4 aliphatic rings. The van der Waals surface area contributed by atoms with E-state index in [2.05, 4.69) is 16.8 Å². The molecule has 6 rings (SSSR count). The number of ether oxygens (including phenoxy) is 5. The largest absolute Gasteiger partial charge is 0.477 e. The number of fused-ring (bicyclic) bond motifs is 1. The van der Waals surface area contributed by atoms with Crippen molar-refractivity contribution in [2.45, 2.75) is 166 Å². The lowest BCUT2D eigenvalue weighted by Gasteiger charge is -2.48. The van der Waals surface area contributed by atoms with Gasteiger partial charge in [-0.15, -0.1) is 6.58 Å². The number of aromatic nitrogens is 1. The summed E-state index contributed by atoms with van der Waals surface area (Å²) in [6.07, 6.45) is -2.64. The minimum absolute atomic E-state index is 0.0266. The molecule has 0 radical (unpaired) electrons. The Morgan fingerprint density at radius 3 is 2.29 bits per heavy atom. The third kappa shape index (κ3) is 12.7. The van der Waals surface area contributed by atoms with Gasteiger partial charge in [-0.2, -0.15) is 0 Å². The van der Waals surface area contributed by atoms with E-state index in [0.717, 1.165) is 12.8 Å². The first-order chi connectivity index (χ1) is 33.8. The summed E-state index contributed by atoms with van der Waals surface area (Å²) in [4.78, 5) is 73.9. The Kier molecular flexibility index (Phi) is 18.7. The molecule has 1 aromatic carbocycles. The minimum atomic E-state index is -2.07. The van der Waals surface area contributed by atoms with Crippen molar-refractivity contribution in [2.24, 2.45) is 17.8 Å². The van der Waals surface area contributed by atoms with E-state index in [1.165, 1.54) is 20.0 Å². The highest BCUT2D eigenvalue weighted by Gasteiger charge is 2.52. The van der Waals surface area contributed by atoms with Crippen LogP contribution in [-0.2, 0) is 38.1 Å².